The minimum atomic E-state index is -0.850. The molecular weight excluding hydrogens is 388 g/mol. The highest BCUT2D eigenvalue weighted by Crippen LogP contribution is 2.44. The first kappa shape index (κ1) is 23.6. The van der Waals surface area contributed by atoms with Gasteiger partial charge in [0.15, 0.2) is 5.60 Å². The van der Waals surface area contributed by atoms with Crippen molar-refractivity contribution >= 4 is 17.9 Å². The lowest BCUT2D eigenvalue weighted by molar-refractivity contribution is -0.149. The second kappa shape index (κ2) is 9.89. The van der Waals surface area contributed by atoms with Gasteiger partial charge in [-0.25, -0.2) is 4.79 Å². The molecule has 0 N–H and O–H groups in total. The van der Waals surface area contributed by atoms with Crippen molar-refractivity contribution in [2.75, 3.05) is 13.2 Å². The number of hydrogen-bond acceptors (Lipinski definition) is 7. The first-order chi connectivity index (χ1) is 14.1. The van der Waals surface area contributed by atoms with Crippen LogP contribution in [0.4, 0.5) is 0 Å². The molecule has 1 aliphatic heterocycles. The third kappa shape index (κ3) is 5.92. The summed E-state index contributed by atoms with van der Waals surface area (Å²) in [5, 5.41) is 0. The predicted octanol–water partition coefficient (Wildman–Crippen LogP) is 3.68. The molecule has 7 nitrogen and oxygen atoms in total. The van der Waals surface area contributed by atoms with Crippen molar-refractivity contribution in [2.24, 2.45) is 11.8 Å². The zero-order chi connectivity index (χ0) is 22.5. The van der Waals surface area contributed by atoms with Crippen molar-refractivity contribution in [1.29, 1.82) is 0 Å². The predicted molar refractivity (Wildman–Crippen MR) is 110 cm³/mol. The zero-order valence-electron chi connectivity index (χ0n) is 18.4. The van der Waals surface area contributed by atoms with Gasteiger partial charge in [0.2, 0.25) is 0 Å². The number of carbonyl (C=O) groups is 3. The van der Waals surface area contributed by atoms with E-state index in [-0.39, 0.29) is 42.7 Å². The number of rotatable bonds is 9. The molecule has 0 saturated carbocycles. The van der Waals surface area contributed by atoms with E-state index in [0.717, 1.165) is 0 Å². The van der Waals surface area contributed by atoms with Crippen LogP contribution in [0.15, 0.2) is 29.8 Å². The standard InChI is InChI=1S/C23H30O7/c1-7-16(6)22(26)30-19-10-17(11-27-20(24)14(2)3)8-9-18(19)23(13-29-23)12-28-21(25)15(4)5/h7-10,14-15H,11-13H2,1-6H3. The Kier molecular flexibility index (Phi) is 7.78. The van der Waals surface area contributed by atoms with Crippen molar-refractivity contribution < 1.29 is 33.3 Å². The maximum atomic E-state index is 12.4. The number of benzene rings is 1. The molecule has 164 valence electrons. The van der Waals surface area contributed by atoms with E-state index < -0.39 is 11.6 Å². The summed E-state index contributed by atoms with van der Waals surface area (Å²) in [6, 6.07) is 5.18. The lowest BCUT2D eigenvalue weighted by Gasteiger charge is -2.18. The lowest BCUT2D eigenvalue weighted by atomic mass is 9.98. The van der Waals surface area contributed by atoms with E-state index in [1.165, 1.54) is 0 Å². The SMILES string of the molecule is CC=C(C)C(=O)Oc1cc(COC(=O)C(C)C)ccc1C1(COC(=O)C(C)C)CO1. The van der Waals surface area contributed by atoms with Crippen molar-refractivity contribution in [3.63, 3.8) is 0 Å². The Hall–Kier alpha value is -2.67. The third-order valence-electron chi connectivity index (χ3n) is 4.76. The van der Waals surface area contributed by atoms with Crippen molar-refractivity contribution in [2.45, 2.75) is 53.8 Å². The number of ether oxygens (including phenoxy) is 4. The Morgan fingerprint density at radius 2 is 1.70 bits per heavy atom. The summed E-state index contributed by atoms with van der Waals surface area (Å²) >= 11 is 0. The summed E-state index contributed by atoms with van der Waals surface area (Å²) in [5.41, 5.74) is 0.880. The topological polar surface area (TPSA) is 91.4 Å². The van der Waals surface area contributed by atoms with Gasteiger partial charge in [-0.1, -0.05) is 45.9 Å². The summed E-state index contributed by atoms with van der Waals surface area (Å²) in [6.45, 7) is 10.8. The highest BCUT2D eigenvalue weighted by molar-refractivity contribution is 5.89. The summed E-state index contributed by atoms with van der Waals surface area (Å²) < 4.78 is 21.9. The van der Waals surface area contributed by atoms with Crippen LogP contribution in [-0.2, 0) is 40.8 Å². The van der Waals surface area contributed by atoms with Crippen molar-refractivity contribution in [3.05, 3.63) is 41.0 Å². The quantitative estimate of drug-likeness (QED) is 0.261. The molecule has 1 aromatic rings. The Morgan fingerprint density at radius 3 is 2.23 bits per heavy atom. The molecule has 1 heterocycles. The number of hydrogen-bond donors (Lipinski definition) is 0. The van der Waals surface area contributed by atoms with Crippen LogP contribution < -0.4 is 4.74 Å². The van der Waals surface area contributed by atoms with E-state index in [1.54, 1.807) is 65.8 Å². The van der Waals surface area contributed by atoms with Gasteiger partial charge in [0.1, 0.15) is 19.0 Å². The molecule has 2 rings (SSSR count). The lowest BCUT2D eigenvalue weighted by Crippen LogP contribution is -2.24. The molecule has 1 saturated heterocycles. The minimum Gasteiger partial charge on any atom is -0.462 e. The maximum Gasteiger partial charge on any atom is 0.338 e. The maximum absolute atomic E-state index is 12.4. The Balaban J connectivity index is 2.28. The van der Waals surface area contributed by atoms with Gasteiger partial charge in [-0.3, -0.25) is 9.59 Å². The monoisotopic (exact) mass is 418 g/mol. The molecule has 0 amide bonds. The number of epoxide rings is 1. The normalized spacial score (nSPS) is 18.3. The van der Waals surface area contributed by atoms with Crippen LogP contribution in [0.1, 0.15) is 52.7 Å². The molecule has 30 heavy (non-hydrogen) atoms. The molecule has 0 spiro atoms. The van der Waals surface area contributed by atoms with Crippen molar-refractivity contribution in [3.8, 4) is 5.75 Å². The van der Waals surface area contributed by atoms with Crippen LogP contribution in [0, 0.1) is 11.8 Å². The van der Waals surface area contributed by atoms with Crippen molar-refractivity contribution in [1.82, 2.24) is 0 Å². The van der Waals surface area contributed by atoms with Gasteiger partial charge in [0, 0.05) is 11.1 Å². The van der Waals surface area contributed by atoms with Gasteiger partial charge < -0.3 is 18.9 Å². The molecular formula is C23H30O7. The average Bonchev–Trinajstić information content (AvgIpc) is 3.50. The van der Waals surface area contributed by atoms with E-state index in [0.29, 0.717) is 23.3 Å². The largest absolute Gasteiger partial charge is 0.462 e. The van der Waals surface area contributed by atoms with E-state index in [2.05, 4.69) is 0 Å². The zero-order valence-corrected chi connectivity index (χ0v) is 18.4. The molecule has 1 atom stereocenters. The summed E-state index contributed by atoms with van der Waals surface area (Å²) in [7, 11) is 0. The molecule has 0 radical (unpaired) electrons. The molecule has 0 bridgehead atoms. The summed E-state index contributed by atoms with van der Waals surface area (Å²) in [5.74, 6) is -1.34. The molecule has 1 unspecified atom stereocenters. The first-order valence-electron chi connectivity index (χ1n) is 10.1. The second-order valence-electron chi connectivity index (χ2n) is 8.00. The van der Waals surface area contributed by atoms with Crippen LogP contribution in [0.5, 0.6) is 5.75 Å². The average molecular weight is 418 g/mol. The van der Waals surface area contributed by atoms with E-state index in [1.807, 2.05) is 0 Å². The molecule has 1 aliphatic rings. The summed E-state index contributed by atoms with van der Waals surface area (Å²) in [4.78, 5) is 36.0. The number of carbonyl (C=O) groups excluding carboxylic acids is 3. The molecule has 0 aliphatic carbocycles. The first-order valence-corrected chi connectivity index (χ1v) is 10.1. The molecule has 7 heteroatoms. The van der Waals surface area contributed by atoms with Crippen LogP contribution in [0.2, 0.25) is 0 Å². The van der Waals surface area contributed by atoms with Crippen LogP contribution in [-0.4, -0.2) is 31.1 Å². The van der Waals surface area contributed by atoms with Gasteiger partial charge in [0.25, 0.3) is 0 Å². The number of allylic oxidation sites excluding steroid dienone is 1. The van der Waals surface area contributed by atoms with Gasteiger partial charge in [-0.2, -0.15) is 0 Å². The fourth-order valence-electron chi connectivity index (χ4n) is 2.49. The fourth-order valence-corrected chi connectivity index (χ4v) is 2.49. The van der Waals surface area contributed by atoms with Gasteiger partial charge >= 0.3 is 17.9 Å². The van der Waals surface area contributed by atoms with Gasteiger partial charge in [-0.05, 0) is 25.5 Å². The smallest absolute Gasteiger partial charge is 0.338 e. The highest BCUT2D eigenvalue weighted by Gasteiger charge is 2.50. The minimum absolute atomic E-state index is 0.0266. The Morgan fingerprint density at radius 1 is 1.10 bits per heavy atom. The van der Waals surface area contributed by atoms with Crippen LogP contribution in [0.3, 0.4) is 0 Å². The van der Waals surface area contributed by atoms with E-state index >= 15 is 0 Å². The van der Waals surface area contributed by atoms with Crippen LogP contribution in [0.25, 0.3) is 0 Å². The third-order valence-corrected chi connectivity index (χ3v) is 4.76. The van der Waals surface area contributed by atoms with Gasteiger partial charge in [-0.15, -0.1) is 0 Å². The van der Waals surface area contributed by atoms with E-state index in [9.17, 15) is 14.4 Å². The van der Waals surface area contributed by atoms with E-state index in [4.69, 9.17) is 18.9 Å². The Labute approximate surface area is 177 Å². The van der Waals surface area contributed by atoms with Gasteiger partial charge in [0.05, 0.1) is 18.4 Å². The molecule has 1 aromatic carbocycles. The fraction of sp³-hybridized carbons (Fsp3) is 0.522. The second-order valence-corrected chi connectivity index (χ2v) is 8.00. The number of esters is 3. The van der Waals surface area contributed by atoms with Crippen LogP contribution >= 0.6 is 0 Å². The molecule has 1 fully saturated rings. The highest BCUT2D eigenvalue weighted by atomic mass is 16.6. The Bertz CT molecular complexity index is 832. The summed E-state index contributed by atoms with van der Waals surface area (Å²) in [6.07, 6.45) is 1.66. The molecule has 0 aromatic heterocycles.